The van der Waals surface area contributed by atoms with Crippen molar-refractivity contribution in [3.05, 3.63) is 34.6 Å². The van der Waals surface area contributed by atoms with Gasteiger partial charge in [-0.05, 0) is 38.1 Å². The number of likely N-dealkylation sites (N-methyl/N-ethyl adjacent to an activating group) is 1. The Labute approximate surface area is 113 Å². The van der Waals surface area contributed by atoms with Crippen LogP contribution in [0.2, 0.25) is 5.02 Å². The molecule has 0 amide bonds. The van der Waals surface area contributed by atoms with Gasteiger partial charge in [0.25, 0.3) is 0 Å². The quantitative estimate of drug-likeness (QED) is 0.830. The summed E-state index contributed by atoms with van der Waals surface area (Å²) in [6.07, 6.45) is 1.75. The van der Waals surface area contributed by atoms with E-state index in [0.717, 1.165) is 51.1 Å². The Balaban J connectivity index is 1.77. The lowest BCUT2D eigenvalue weighted by Crippen LogP contribution is -2.44. The van der Waals surface area contributed by atoms with Crippen LogP contribution in [0.25, 0.3) is 0 Å². The van der Waals surface area contributed by atoms with E-state index in [1.165, 1.54) is 0 Å². The van der Waals surface area contributed by atoms with Crippen LogP contribution in [0, 0.1) is 5.82 Å². The van der Waals surface area contributed by atoms with E-state index in [2.05, 4.69) is 16.8 Å². The lowest BCUT2D eigenvalue weighted by Gasteiger charge is -2.32. The highest BCUT2D eigenvalue weighted by Crippen LogP contribution is 2.19. The van der Waals surface area contributed by atoms with E-state index >= 15 is 0 Å². The average molecular weight is 271 g/mol. The first-order valence-electron chi connectivity index (χ1n) is 6.50. The Hall–Kier alpha value is -0.640. The molecule has 1 aliphatic heterocycles. The van der Waals surface area contributed by atoms with Gasteiger partial charge in [0.2, 0.25) is 0 Å². The number of piperazine rings is 1. The normalized spacial score (nSPS) is 18.2. The first-order chi connectivity index (χ1) is 8.66. The summed E-state index contributed by atoms with van der Waals surface area (Å²) in [7, 11) is 2.15. The maximum absolute atomic E-state index is 13.7. The molecule has 1 aromatic rings. The molecule has 2 nitrogen and oxygen atoms in total. The van der Waals surface area contributed by atoms with E-state index in [-0.39, 0.29) is 10.8 Å². The third kappa shape index (κ3) is 3.67. The van der Waals surface area contributed by atoms with Gasteiger partial charge < -0.3 is 9.80 Å². The molecular weight excluding hydrogens is 251 g/mol. The van der Waals surface area contributed by atoms with Gasteiger partial charge in [0.1, 0.15) is 5.82 Å². The molecule has 1 fully saturated rings. The van der Waals surface area contributed by atoms with Gasteiger partial charge >= 0.3 is 0 Å². The van der Waals surface area contributed by atoms with Crippen molar-refractivity contribution in [3.8, 4) is 0 Å². The Kier molecular flexibility index (Phi) is 4.98. The first kappa shape index (κ1) is 13.8. The van der Waals surface area contributed by atoms with E-state index in [4.69, 9.17) is 11.6 Å². The van der Waals surface area contributed by atoms with E-state index in [0.29, 0.717) is 0 Å². The molecule has 18 heavy (non-hydrogen) atoms. The van der Waals surface area contributed by atoms with Gasteiger partial charge in [-0.15, -0.1) is 0 Å². The van der Waals surface area contributed by atoms with Crippen LogP contribution >= 0.6 is 11.6 Å². The number of benzene rings is 1. The second kappa shape index (κ2) is 6.50. The number of rotatable bonds is 4. The molecule has 0 aromatic heterocycles. The summed E-state index contributed by atoms with van der Waals surface area (Å²) in [4.78, 5) is 4.79. The van der Waals surface area contributed by atoms with Gasteiger partial charge in [-0.3, -0.25) is 0 Å². The van der Waals surface area contributed by atoms with Crippen molar-refractivity contribution < 1.29 is 4.39 Å². The lowest BCUT2D eigenvalue weighted by molar-refractivity contribution is 0.153. The van der Waals surface area contributed by atoms with E-state index in [1.54, 1.807) is 6.07 Å². The number of hydrogen-bond donors (Lipinski definition) is 0. The summed E-state index contributed by atoms with van der Waals surface area (Å²) in [5.74, 6) is -0.252. The molecule has 4 heteroatoms. The zero-order valence-corrected chi connectivity index (χ0v) is 11.6. The third-order valence-electron chi connectivity index (χ3n) is 3.55. The van der Waals surface area contributed by atoms with Gasteiger partial charge in [-0.1, -0.05) is 23.7 Å². The summed E-state index contributed by atoms with van der Waals surface area (Å²) in [5, 5.41) is 0.229. The second-order valence-corrected chi connectivity index (χ2v) is 5.37. The van der Waals surface area contributed by atoms with Gasteiger partial charge in [-0.25, -0.2) is 4.39 Å². The number of halogens is 2. The molecule has 0 saturated carbocycles. The summed E-state index contributed by atoms with van der Waals surface area (Å²) in [5.41, 5.74) is 0.733. The van der Waals surface area contributed by atoms with Crippen molar-refractivity contribution in [2.45, 2.75) is 12.8 Å². The fourth-order valence-electron chi connectivity index (χ4n) is 2.31. The molecule has 1 aromatic carbocycles. The monoisotopic (exact) mass is 270 g/mol. The van der Waals surface area contributed by atoms with Crippen LogP contribution in [0.3, 0.4) is 0 Å². The molecule has 0 spiro atoms. The number of aryl methyl sites for hydroxylation is 1. The molecule has 1 heterocycles. The molecule has 100 valence electrons. The SMILES string of the molecule is CN1CCN(CCCc2cccc(Cl)c2F)CC1. The van der Waals surface area contributed by atoms with Gasteiger partial charge in [-0.2, -0.15) is 0 Å². The van der Waals surface area contributed by atoms with Crippen molar-refractivity contribution in [3.63, 3.8) is 0 Å². The van der Waals surface area contributed by atoms with Crippen molar-refractivity contribution in [1.29, 1.82) is 0 Å². The van der Waals surface area contributed by atoms with Crippen LogP contribution in [0.5, 0.6) is 0 Å². The van der Waals surface area contributed by atoms with Crippen LogP contribution in [0.1, 0.15) is 12.0 Å². The molecule has 0 atom stereocenters. The van der Waals surface area contributed by atoms with Crippen molar-refractivity contribution >= 4 is 11.6 Å². The Bertz CT molecular complexity index is 389. The van der Waals surface area contributed by atoms with E-state index < -0.39 is 0 Å². The molecule has 0 bridgehead atoms. The Morgan fingerprint density at radius 2 is 1.94 bits per heavy atom. The van der Waals surface area contributed by atoms with Crippen LogP contribution in [0.15, 0.2) is 18.2 Å². The number of hydrogen-bond acceptors (Lipinski definition) is 2. The minimum atomic E-state index is -0.252. The fourth-order valence-corrected chi connectivity index (χ4v) is 2.50. The van der Waals surface area contributed by atoms with Gasteiger partial charge in [0.15, 0.2) is 0 Å². The van der Waals surface area contributed by atoms with Crippen molar-refractivity contribution in [1.82, 2.24) is 9.80 Å². The lowest BCUT2D eigenvalue weighted by atomic mass is 10.1. The van der Waals surface area contributed by atoms with Gasteiger partial charge in [0.05, 0.1) is 5.02 Å². The standard InChI is InChI=1S/C14H20ClFN2/c1-17-8-10-18(11-9-17)7-3-5-12-4-2-6-13(15)14(12)16/h2,4,6H,3,5,7-11H2,1H3. The highest BCUT2D eigenvalue weighted by molar-refractivity contribution is 6.30. The minimum Gasteiger partial charge on any atom is -0.304 e. The molecule has 1 aliphatic rings. The van der Waals surface area contributed by atoms with Crippen LogP contribution in [-0.4, -0.2) is 49.6 Å². The zero-order valence-electron chi connectivity index (χ0n) is 10.8. The Morgan fingerprint density at radius 3 is 2.67 bits per heavy atom. The van der Waals surface area contributed by atoms with Crippen LogP contribution in [-0.2, 0) is 6.42 Å². The second-order valence-electron chi connectivity index (χ2n) is 4.96. The molecule has 2 rings (SSSR count). The highest BCUT2D eigenvalue weighted by atomic mass is 35.5. The zero-order chi connectivity index (χ0) is 13.0. The summed E-state index contributed by atoms with van der Waals surface area (Å²) >= 11 is 5.77. The minimum absolute atomic E-state index is 0.229. The molecule has 0 aliphatic carbocycles. The molecule has 0 radical (unpaired) electrons. The smallest absolute Gasteiger partial charge is 0.144 e. The third-order valence-corrected chi connectivity index (χ3v) is 3.84. The van der Waals surface area contributed by atoms with Gasteiger partial charge in [0, 0.05) is 26.2 Å². The first-order valence-corrected chi connectivity index (χ1v) is 6.88. The summed E-state index contributed by atoms with van der Waals surface area (Å²) in [6.45, 7) is 5.54. The number of nitrogens with zero attached hydrogens (tertiary/aromatic N) is 2. The molecule has 1 saturated heterocycles. The predicted molar refractivity (Wildman–Crippen MR) is 73.7 cm³/mol. The van der Waals surface area contributed by atoms with E-state index in [9.17, 15) is 4.39 Å². The Morgan fingerprint density at radius 1 is 1.22 bits per heavy atom. The maximum Gasteiger partial charge on any atom is 0.144 e. The van der Waals surface area contributed by atoms with Crippen LogP contribution < -0.4 is 0 Å². The van der Waals surface area contributed by atoms with Crippen molar-refractivity contribution in [2.24, 2.45) is 0 Å². The maximum atomic E-state index is 13.7. The van der Waals surface area contributed by atoms with Crippen LogP contribution in [0.4, 0.5) is 4.39 Å². The summed E-state index contributed by atoms with van der Waals surface area (Å²) in [6, 6.07) is 5.24. The largest absolute Gasteiger partial charge is 0.304 e. The predicted octanol–water partition coefficient (Wildman–Crippen LogP) is 2.66. The molecule has 0 N–H and O–H groups in total. The fraction of sp³-hybridized carbons (Fsp3) is 0.571. The summed E-state index contributed by atoms with van der Waals surface area (Å²) < 4.78 is 13.7. The molecule has 0 unspecified atom stereocenters. The molecular formula is C14H20ClFN2. The van der Waals surface area contributed by atoms with Crippen molar-refractivity contribution in [2.75, 3.05) is 39.8 Å². The highest BCUT2D eigenvalue weighted by Gasteiger charge is 2.13. The average Bonchev–Trinajstić information content (AvgIpc) is 2.37. The van der Waals surface area contributed by atoms with E-state index in [1.807, 2.05) is 12.1 Å². The topological polar surface area (TPSA) is 6.48 Å².